The number of fused-ring (bicyclic) bond motifs is 9. The Balaban J connectivity index is 1.10. The summed E-state index contributed by atoms with van der Waals surface area (Å²) in [6, 6.07) is 53.1. The summed E-state index contributed by atoms with van der Waals surface area (Å²) in [5.41, 5.74) is 11.7. The van der Waals surface area contributed by atoms with Gasteiger partial charge in [-0.05, 0) is 96.1 Å². The lowest BCUT2D eigenvalue weighted by Crippen LogP contribution is -1.94. The maximum absolute atomic E-state index is 4.36. The Labute approximate surface area is 297 Å². The third-order valence-electron chi connectivity index (χ3n) is 10.3. The fraction of sp³-hybridized carbons (Fsp3) is 0. The molecular weight excluding hydrogens is 641 g/mol. The smallest absolute Gasteiger partial charge is 0.0541 e. The van der Waals surface area contributed by atoms with Crippen molar-refractivity contribution in [2.24, 2.45) is 0 Å². The van der Waals surface area contributed by atoms with Crippen LogP contribution in [0, 0.1) is 0 Å². The SMILES string of the molecule is c1cncc(-c2ccc3c(c2)c2ccccc2n3-c2ccc3sc4ccc(-n5c6ccccc6c6cc(-c7cccnc7)ccc65)cc4c3c2)c1. The minimum absolute atomic E-state index is 1.12. The average Bonchev–Trinajstić information content (AvgIpc) is 3.85. The van der Waals surface area contributed by atoms with E-state index in [-0.39, 0.29) is 0 Å². The van der Waals surface area contributed by atoms with E-state index in [1.54, 1.807) is 0 Å². The quantitative estimate of drug-likeness (QED) is 0.187. The first-order valence-corrected chi connectivity index (χ1v) is 17.9. The van der Waals surface area contributed by atoms with Crippen LogP contribution in [0.4, 0.5) is 0 Å². The fourth-order valence-corrected chi connectivity index (χ4v) is 9.03. The highest BCUT2D eigenvalue weighted by atomic mass is 32.1. The predicted molar refractivity (Wildman–Crippen MR) is 214 cm³/mol. The first kappa shape index (κ1) is 28.3. The number of hydrogen-bond acceptors (Lipinski definition) is 3. The monoisotopic (exact) mass is 668 g/mol. The van der Waals surface area contributed by atoms with Gasteiger partial charge in [0.2, 0.25) is 0 Å². The summed E-state index contributed by atoms with van der Waals surface area (Å²) in [5.74, 6) is 0. The molecule has 5 heterocycles. The van der Waals surface area contributed by atoms with Gasteiger partial charge in [-0.1, -0.05) is 60.7 Å². The molecule has 11 aromatic rings. The predicted octanol–water partition coefficient (Wildman–Crippen LogP) is 12.4. The lowest BCUT2D eigenvalue weighted by Gasteiger charge is -2.10. The maximum atomic E-state index is 4.36. The van der Waals surface area contributed by atoms with E-state index < -0.39 is 0 Å². The van der Waals surface area contributed by atoms with Gasteiger partial charge in [-0.3, -0.25) is 9.97 Å². The summed E-state index contributed by atoms with van der Waals surface area (Å²) in [4.78, 5) is 8.73. The number of benzene rings is 6. The van der Waals surface area contributed by atoms with Crippen LogP contribution in [0.2, 0.25) is 0 Å². The number of pyridine rings is 2. The molecular formula is C46H28N4S. The molecule has 0 bridgehead atoms. The zero-order valence-corrected chi connectivity index (χ0v) is 28.2. The van der Waals surface area contributed by atoms with Crippen molar-refractivity contribution < 1.29 is 0 Å². The first-order chi connectivity index (χ1) is 25.3. The molecule has 5 aromatic heterocycles. The van der Waals surface area contributed by atoms with Gasteiger partial charge in [-0.15, -0.1) is 11.3 Å². The molecule has 0 amide bonds. The van der Waals surface area contributed by atoms with Crippen molar-refractivity contribution in [2.75, 3.05) is 0 Å². The molecule has 6 aromatic carbocycles. The second kappa shape index (κ2) is 11.0. The molecule has 11 rings (SSSR count). The second-order valence-electron chi connectivity index (χ2n) is 13.1. The van der Waals surface area contributed by atoms with E-state index in [1.807, 2.05) is 48.3 Å². The van der Waals surface area contributed by atoms with Crippen LogP contribution < -0.4 is 0 Å². The van der Waals surface area contributed by atoms with Gasteiger partial charge < -0.3 is 9.13 Å². The van der Waals surface area contributed by atoms with Crippen molar-refractivity contribution in [3.8, 4) is 33.6 Å². The second-order valence-corrected chi connectivity index (χ2v) is 14.2. The third kappa shape index (κ3) is 4.32. The largest absolute Gasteiger partial charge is 0.309 e. The van der Waals surface area contributed by atoms with E-state index in [1.165, 1.54) is 74.9 Å². The molecule has 238 valence electrons. The lowest BCUT2D eigenvalue weighted by molar-refractivity contribution is 1.18. The van der Waals surface area contributed by atoms with Crippen LogP contribution in [-0.2, 0) is 0 Å². The maximum Gasteiger partial charge on any atom is 0.0541 e. The Kier molecular flexibility index (Phi) is 6.09. The molecule has 0 N–H and O–H groups in total. The van der Waals surface area contributed by atoms with Crippen LogP contribution in [-0.4, -0.2) is 19.1 Å². The van der Waals surface area contributed by atoms with Gasteiger partial charge in [0.25, 0.3) is 0 Å². The number of hydrogen-bond donors (Lipinski definition) is 0. The summed E-state index contributed by atoms with van der Waals surface area (Å²) in [7, 11) is 0. The molecule has 0 aliphatic rings. The summed E-state index contributed by atoms with van der Waals surface area (Å²) in [6.07, 6.45) is 7.51. The third-order valence-corrected chi connectivity index (χ3v) is 11.4. The van der Waals surface area contributed by atoms with Gasteiger partial charge in [0, 0.05) is 89.0 Å². The van der Waals surface area contributed by atoms with E-state index in [4.69, 9.17) is 0 Å². The number of para-hydroxylation sites is 2. The molecule has 0 unspecified atom stereocenters. The highest BCUT2D eigenvalue weighted by Crippen LogP contribution is 2.41. The molecule has 0 aliphatic carbocycles. The van der Waals surface area contributed by atoms with E-state index in [9.17, 15) is 0 Å². The Morgan fingerprint density at radius 3 is 1.29 bits per heavy atom. The summed E-state index contributed by atoms with van der Waals surface area (Å²) < 4.78 is 7.40. The van der Waals surface area contributed by atoms with Crippen LogP contribution in [0.15, 0.2) is 170 Å². The zero-order chi connectivity index (χ0) is 33.5. The molecule has 5 heteroatoms. The van der Waals surface area contributed by atoms with E-state index in [0.717, 1.165) is 22.5 Å². The van der Waals surface area contributed by atoms with Crippen molar-refractivity contribution in [2.45, 2.75) is 0 Å². The highest BCUT2D eigenvalue weighted by molar-refractivity contribution is 7.25. The van der Waals surface area contributed by atoms with Crippen molar-refractivity contribution >= 4 is 75.1 Å². The van der Waals surface area contributed by atoms with Crippen LogP contribution in [0.1, 0.15) is 0 Å². The molecule has 0 radical (unpaired) electrons. The van der Waals surface area contributed by atoms with E-state index in [0.29, 0.717) is 0 Å². The minimum atomic E-state index is 1.12. The number of thiophene rings is 1. The molecule has 4 nitrogen and oxygen atoms in total. The molecule has 0 spiro atoms. The molecule has 0 saturated carbocycles. The minimum Gasteiger partial charge on any atom is -0.309 e. The van der Waals surface area contributed by atoms with Crippen LogP contribution >= 0.6 is 11.3 Å². The highest BCUT2D eigenvalue weighted by Gasteiger charge is 2.17. The topological polar surface area (TPSA) is 35.6 Å². The van der Waals surface area contributed by atoms with Crippen molar-refractivity contribution in [3.63, 3.8) is 0 Å². The molecule has 0 aliphatic heterocycles. The van der Waals surface area contributed by atoms with Crippen molar-refractivity contribution in [3.05, 3.63) is 170 Å². The zero-order valence-electron chi connectivity index (χ0n) is 27.4. The normalized spacial score (nSPS) is 11.9. The summed E-state index contributed by atoms with van der Waals surface area (Å²) in [6.45, 7) is 0. The Bertz CT molecular complexity index is 2920. The number of aromatic nitrogens is 4. The van der Waals surface area contributed by atoms with Crippen molar-refractivity contribution in [1.82, 2.24) is 19.1 Å². The van der Waals surface area contributed by atoms with Crippen LogP contribution in [0.5, 0.6) is 0 Å². The standard InChI is InChI=1S/C46H28N4S/c1-3-11-41-35(9-1)37-23-29(31-7-5-21-47-27-31)13-17-43(37)49(41)33-15-19-45-39(25-33)40-26-34(16-20-46(40)51-45)50-42-12-4-2-10-36(42)38-24-30(14-18-44(38)50)32-8-6-22-48-28-32/h1-28H. The molecule has 0 saturated heterocycles. The fourth-order valence-electron chi connectivity index (χ4n) is 7.96. The first-order valence-electron chi connectivity index (χ1n) is 17.1. The van der Waals surface area contributed by atoms with Gasteiger partial charge in [-0.25, -0.2) is 0 Å². The lowest BCUT2D eigenvalue weighted by atomic mass is 10.0. The van der Waals surface area contributed by atoms with Gasteiger partial charge in [0.05, 0.1) is 22.1 Å². The van der Waals surface area contributed by atoms with Gasteiger partial charge in [0.15, 0.2) is 0 Å². The Morgan fingerprint density at radius 1 is 0.353 bits per heavy atom. The average molecular weight is 669 g/mol. The van der Waals surface area contributed by atoms with E-state index in [2.05, 4.69) is 153 Å². The molecule has 0 atom stereocenters. The van der Waals surface area contributed by atoms with Crippen molar-refractivity contribution in [1.29, 1.82) is 0 Å². The van der Waals surface area contributed by atoms with Gasteiger partial charge in [-0.2, -0.15) is 0 Å². The molecule has 0 fully saturated rings. The van der Waals surface area contributed by atoms with Crippen LogP contribution in [0.25, 0.3) is 97.4 Å². The van der Waals surface area contributed by atoms with Gasteiger partial charge >= 0.3 is 0 Å². The summed E-state index contributed by atoms with van der Waals surface area (Å²) >= 11 is 1.86. The van der Waals surface area contributed by atoms with Crippen LogP contribution in [0.3, 0.4) is 0 Å². The number of nitrogens with zero attached hydrogens (tertiary/aromatic N) is 4. The Hall–Kier alpha value is -6.56. The summed E-state index contributed by atoms with van der Waals surface area (Å²) in [5, 5.41) is 7.51. The Morgan fingerprint density at radius 2 is 0.824 bits per heavy atom. The van der Waals surface area contributed by atoms with E-state index >= 15 is 0 Å². The molecule has 51 heavy (non-hydrogen) atoms. The van der Waals surface area contributed by atoms with Gasteiger partial charge in [0.1, 0.15) is 0 Å². The number of rotatable bonds is 4.